The highest BCUT2D eigenvalue weighted by Crippen LogP contribution is 2.17. The Balaban J connectivity index is 2.67. The van der Waals surface area contributed by atoms with Crippen LogP contribution in [0, 0.1) is 0 Å². The molecule has 0 radical (unpaired) electrons. The van der Waals surface area contributed by atoms with Crippen molar-refractivity contribution < 1.29 is 0 Å². The Hall–Kier alpha value is -0.790. The molecule has 74 valence electrons. The molecular formula is C11H20N2. The van der Waals surface area contributed by atoms with E-state index in [0.29, 0.717) is 12.0 Å². The zero-order chi connectivity index (χ0) is 9.84. The molecule has 2 heteroatoms. The lowest BCUT2D eigenvalue weighted by molar-refractivity contribution is 0.454. The fourth-order valence-electron chi connectivity index (χ4n) is 1.44. The van der Waals surface area contributed by atoms with E-state index in [4.69, 9.17) is 0 Å². The van der Waals surface area contributed by atoms with E-state index in [9.17, 15) is 0 Å². The number of hydrogen-bond acceptors (Lipinski definition) is 1. The molecule has 0 aromatic carbocycles. The van der Waals surface area contributed by atoms with Crippen molar-refractivity contribution in [2.24, 2.45) is 0 Å². The Kier molecular flexibility index (Phi) is 3.52. The lowest BCUT2D eigenvalue weighted by atomic mass is 10.1. The molecule has 1 aromatic rings. The molecule has 1 aromatic heterocycles. The van der Waals surface area contributed by atoms with E-state index in [-0.39, 0.29) is 0 Å². The topological polar surface area (TPSA) is 17.8 Å². The first-order valence-corrected chi connectivity index (χ1v) is 5.19. The molecule has 0 aliphatic heterocycles. The molecule has 0 fully saturated rings. The van der Waals surface area contributed by atoms with E-state index < -0.39 is 0 Å². The summed E-state index contributed by atoms with van der Waals surface area (Å²) in [4.78, 5) is 0. The third kappa shape index (κ3) is 2.58. The standard InChI is InChI=1S/C11H20N2/c1-5-6-10(4)13-8-11(7-12-13)9(2)3/h7-10H,5-6H2,1-4H3/t10-/m1/s1. The van der Waals surface area contributed by atoms with Gasteiger partial charge in [0.25, 0.3) is 0 Å². The van der Waals surface area contributed by atoms with E-state index in [1.165, 1.54) is 18.4 Å². The second kappa shape index (κ2) is 4.45. The van der Waals surface area contributed by atoms with Crippen LogP contribution in [0.25, 0.3) is 0 Å². The summed E-state index contributed by atoms with van der Waals surface area (Å²) in [7, 11) is 0. The van der Waals surface area contributed by atoms with Gasteiger partial charge in [-0.3, -0.25) is 4.68 Å². The maximum atomic E-state index is 4.37. The Morgan fingerprint density at radius 2 is 2.08 bits per heavy atom. The highest BCUT2D eigenvalue weighted by molar-refractivity contribution is 5.09. The minimum atomic E-state index is 0.539. The van der Waals surface area contributed by atoms with Gasteiger partial charge >= 0.3 is 0 Å². The Labute approximate surface area is 81.0 Å². The van der Waals surface area contributed by atoms with Gasteiger partial charge in [-0.1, -0.05) is 27.2 Å². The van der Waals surface area contributed by atoms with Crippen molar-refractivity contribution in [1.82, 2.24) is 9.78 Å². The van der Waals surface area contributed by atoms with Gasteiger partial charge in [-0.05, 0) is 24.8 Å². The van der Waals surface area contributed by atoms with Crippen molar-refractivity contribution in [3.8, 4) is 0 Å². The van der Waals surface area contributed by atoms with Gasteiger partial charge in [-0.25, -0.2) is 0 Å². The van der Waals surface area contributed by atoms with Gasteiger partial charge in [0.05, 0.1) is 6.20 Å². The highest BCUT2D eigenvalue weighted by Gasteiger charge is 2.07. The molecule has 0 saturated carbocycles. The van der Waals surface area contributed by atoms with Gasteiger partial charge in [-0.2, -0.15) is 5.10 Å². The van der Waals surface area contributed by atoms with E-state index in [0.717, 1.165) is 0 Å². The van der Waals surface area contributed by atoms with Gasteiger partial charge < -0.3 is 0 Å². The Morgan fingerprint density at radius 3 is 2.54 bits per heavy atom. The lowest BCUT2D eigenvalue weighted by Crippen LogP contribution is -2.04. The molecule has 0 amide bonds. The summed E-state index contributed by atoms with van der Waals surface area (Å²) < 4.78 is 2.08. The van der Waals surface area contributed by atoms with E-state index in [2.05, 4.69) is 43.7 Å². The van der Waals surface area contributed by atoms with Crippen LogP contribution < -0.4 is 0 Å². The molecule has 1 rings (SSSR count). The summed E-state index contributed by atoms with van der Waals surface area (Å²) in [6, 6.07) is 0.539. The summed E-state index contributed by atoms with van der Waals surface area (Å²) in [5.41, 5.74) is 1.34. The monoisotopic (exact) mass is 180 g/mol. The van der Waals surface area contributed by atoms with Crippen LogP contribution in [0.2, 0.25) is 0 Å². The quantitative estimate of drug-likeness (QED) is 0.694. The molecule has 0 aliphatic rings. The third-order valence-corrected chi connectivity index (χ3v) is 2.45. The second-order valence-electron chi connectivity index (χ2n) is 4.05. The zero-order valence-electron chi connectivity index (χ0n) is 9.12. The molecule has 2 nitrogen and oxygen atoms in total. The first kappa shape index (κ1) is 10.3. The summed E-state index contributed by atoms with van der Waals surface area (Å²) in [6.45, 7) is 8.83. The molecule has 1 atom stereocenters. The van der Waals surface area contributed by atoms with Gasteiger partial charge in [0, 0.05) is 12.2 Å². The zero-order valence-corrected chi connectivity index (χ0v) is 9.12. The van der Waals surface area contributed by atoms with Crippen LogP contribution in [0.3, 0.4) is 0 Å². The summed E-state index contributed by atoms with van der Waals surface area (Å²) in [6.07, 6.45) is 6.58. The number of nitrogens with zero attached hydrogens (tertiary/aromatic N) is 2. The number of aromatic nitrogens is 2. The number of hydrogen-bond donors (Lipinski definition) is 0. The fourth-order valence-corrected chi connectivity index (χ4v) is 1.44. The summed E-state index contributed by atoms with van der Waals surface area (Å²) in [5.74, 6) is 0.586. The van der Waals surface area contributed by atoms with Gasteiger partial charge in [-0.15, -0.1) is 0 Å². The average molecular weight is 180 g/mol. The van der Waals surface area contributed by atoms with E-state index >= 15 is 0 Å². The molecule has 0 N–H and O–H groups in total. The van der Waals surface area contributed by atoms with Crippen LogP contribution in [0.5, 0.6) is 0 Å². The minimum absolute atomic E-state index is 0.539. The van der Waals surface area contributed by atoms with E-state index in [1.54, 1.807) is 0 Å². The molecule has 0 bridgehead atoms. The van der Waals surface area contributed by atoms with Gasteiger partial charge in [0.15, 0.2) is 0 Å². The van der Waals surface area contributed by atoms with Crippen LogP contribution in [0.4, 0.5) is 0 Å². The van der Waals surface area contributed by atoms with Crippen molar-refractivity contribution >= 4 is 0 Å². The van der Waals surface area contributed by atoms with Gasteiger partial charge in [0.1, 0.15) is 0 Å². The Bertz CT molecular complexity index is 250. The SMILES string of the molecule is CCC[C@@H](C)n1cc(C(C)C)cn1. The van der Waals surface area contributed by atoms with Crippen molar-refractivity contribution in [1.29, 1.82) is 0 Å². The normalized spacial score (nSPS) is 13.6. The molecule has 0 aliphatic carbocycles. The van der Waals surface area contributed by atoms with Crippen LogP contribution in [-0.4, -0.2) is 9.78 Å². The predicted octanol–water partition coefficient (Wildman–Crippen LogP) is 3.37. The number of rotatable bonds is 4. The molecule has 0 spiro atoms. The third-order valence-electron chi connectivity index (χ3n) is 2.45. The molecule has 0 saturated heterocycles. The molecule has 1 heterocycles. The highest BCUT2D eigenvalue weighted by atomic mass is 15.3. The molecule has 13 heavy (non-hydrogen) atoms. The van der Waals surface area contributed by atoms with Crippen LogP contribution >= 0.6 is 0 Å². The maximum absolute atomic E-state index is 4.37. The van der Waals surface area contributed by atoms with E-state index in [1.807, 2.05) is 6.20 Å². The van der Waals surface area contributed by atoms with Crippen molar-refractivity contribution in [3.05, 3.63) is 18.0 Å². The smallest absolute Gasteiger partial charge is 0.0524 e. The molecular weight excluding hydrogens is 160 g/mol. The van der Waals surface area contributed by atoms with Gasteiger partial charge in [0.2, 0.25) is 0 Å². The molecule has 0 unspecified atom stereocenters. The lowest BCUT2D eigenvalue weighted by Gasteiger charge is -2.10. The summed E-state index contributed by atoms with van der Waals surface area (Å²) in [5, 5.41) is 4.37. The predicted molar refractivity (Wildman–Crippen MR) is 55.9 cm³/mol. The van der Waals surface area contributed by atoms with Crippen LogP contribution in [0.15, 0.2) is 12.4 Å². The van der Waals surface area contributed by atoms with Crippen LogP contribution in [0.1, 0.15) is 58.1 Å². The van der Waals surface area contributed by atoms with Crippen molar-refractivity contribution in [2.45, 2.75) is 52.5 Å². The largest absolute Gasteiger partial charge is 0.270 e. The fraction of sp³-hybridized carbons (Fsp3) is 0.727. The van der Waals surface area contributed by atoms with Crippen LogP contribution in [-0.2, 0) is 0 Å². The summed E-state index contributed by atoms with van der Waals surface area (Å²) >= 11 is 0. The second-order valence-corrected chi connectivity index (χ2v) is 4.05. The average Bonchev–Trinajstić information content (AvgIpc) is 2.52. The Morgan fingerprint density at radius 1 is 1.38 bits per heavy atom. The maximum Gasteiger partial charge on any atom is 0.0524 e. The van der Waals surface area contributed by atoms with Crippen molar-refractivity contribution in [3.63, 3.8) is 0 Å². The van der Waals surface area contributed by atoms with Crippen molar-refractivity contribution in [2.75, 3.05) is 0 Å². The minimum Gasteiger partial charge on any atom is -0.270 e. The first-order chi connectivity index (χ1) is 6.15. The first-order valence-electron chi connectivity index (χ1n) is 5.19.